The van der Waals surface area contributed by atoms with Crippen molar-refractivity contribution in [2.75, 3.05) is 0 Å². The van der Waals surface area contributed by atoms with Crippen LogP contribution in [0.15, 0.2) is 67.3 Å². The number of aliphatic hydroxyl groups is 1. The number of carbonyl (C=O) groups is 1. The molecular weight excluding hydrogens is 426 g/mol. The Balaban J connectivity index is 1.57. The SMILES string of the molecule is CCCC[C@H](O)C(C)NC(=O)c1cc(Cc2ccc(-c3cnccn3)nc2)c2ccccc2n1. The molecule has 0 saturated heterocycles. The molecule has 3 aromatic heterocycles. The summed E-state index contributed by atoms with van der Waals surface area (Å²) in [5.74, 6) is -0.286. The van der Waals surface area contributed by atoms with Crippen LogP contribution >= 0.6 is 0 Å². The van der Waals surface area contributed by atoms with Crippen molar-refractivity contribution in [2.24, 2.45) is 0 Å². The van der Waals surface area contributed by atoms with Crippen LogP contribution in [0.1, 0.15) is 54.7 Å². The normalized spacial score (nSPS) is 12.9. The molecule has 0 aliphatic carbocycles. The van der Waals surface area contributed by atoms with Gasteiger partial charge < -0.3 is 10.4 Å². The standard InChI is InChI=1S/C27H29N5O2/c1-3-4-9-26(33)18(2)31-27(34)24-15-20(21-7-5-6-8-22(21)32-24)14-19-10-11-23(30-16-19)25-17-28-12-13-29-25/h5-8,10-13,15-18,26,33H,3-4,9,14H2,1-2H3,(H,31,34)/t18?,26-/m0/s1. The molecule has 4 rings (SSSR count). The maximum atomic E-state index is 13.0. The van der Waals surface area contributed by atoms with E-state index in [1.807, 2.05) is 55.6 Å². The van der Waals surface area contributed by atoms with E-state index in [9.17, 15) is 9.90 Å². The Kier molecular flexibility index (Phi) is 7.54. The predicted molar refractivity (Wildman–Crippen MR) is 132 cm³/mol. The Hall–Kier alpha value is -3.71. The first-order valence-electron chi connectivity index (χ1n) is 11.6. The number of benzene rings is 1. The molecule has 0 bridgehead atoms. The number of hydrogen-bond donors (Lipinski definition) is 2. The molecule has 1 aromatic carbocycles. The summed E-state index contributed by atoms with van der Waals surface area (Å²) in [6.07, 6.45) is 9.39. The molecule has 34 heavy (non-hydrogen) atoms. The number of hydrogen-bond acceptors (Lipinski definition) is 6. The fourth-order valence-corrected chi connectivity index (χ4v) is 3.88. The monoisotopic (exact) mass is 455 g/mol. The van der Waals surface area contributed by atoms with Crippen molar-refractivity contribution >= 4 is 16.8 Å². The third-order valence-corrected chi connectivity index (χ3v) is 5.87. The summed E-state index contributed by atoms with van der Waals surface area (Å²) >= 11 is 0. The zero-order valence-corrected chi connectivity index (χ0v) is 19.5. The summed E-state index contributed by atoms with van der Waals surface area (Å²) in [5.41, 5.74) is 4.58. The van der Waals surface area contributed by atoms with Crippen LogP contribution in [0.4, 0.5) is 0 Å². The van der Waals surface area contributed by atoms with Gasteiger partial charge in [0.2, 0.25) is 0 Å². The molecule has 2 atom stereocenters. The number of amides is 1. The first-order chi connectivity index (χ1) is 16.5. The lowest BCUT2D eigenvalue weighted by Gasteiger charge is -2.20. The lowest BCUT2D eigenvalue weighted by molar-refractivity contribution is 0.0828. The van der Waals surface area contributed by atoms with E-state index >= 15 is 0 Å². The Morgan fingerprint density at radius 3 is 2.65 bits per heavy atom. The van der Waals surface area contributed by atoms with Gasteiger partial charge in [0.1, 0.15) is 11.4 Å². The molecule has 7 heteroatoms. The third kappa shape index (κ3) is 5.61. The predicted octanol–water partition coefficient (Wildman–Crippen LogP) is 4.35. The molecule has 0 spiro atoms. The van der Waals surface area contributed by atoms with Crippen LogP contribution in [-0.2, 0) is 6.42 Å². The molecule has 3 heterocycles. The quantitative estimate of drug-likeness (QED) is 0.389. The van der Waals surface area contributed by atoms with E-state index < -0.39 is 6.10 Å². The minimum absolute atomic E-state index is 0.286. The van der Waals surface area contributed by atoms with Crippen LogP contribution in [0.2, 0.25) is 0 Å². The highest BCUT2D eigenvalue weighted by Gasteiger charge is 2.19. The Morgan fingerprint density at radius 1 is 1.06 bits per heavy atom. The number of aliphatic hydroxyl groups excluding tert-OH is 1. The molecule has 1 unspecified atom stereocenters. The number of nitrogens with one attached hydrogen (secondary N) is 1. The first kappa shape index (κ1) is 23.4. The molecule has 4 aromatic rings. The van der Waals surface area contributed by atoms with Crippen molar-refractivity contribution in [3.8, 4) is 11.4 Å². The minimum atomic E-state index is -0.581. The molecule has 0 saturated carbocycles. The average Bonchev–Trinajstić information content (AvgIpc) is 2.88. The van der Waals surface area contributed by atoms with Crippen LogP contribution in [-0.4, -0.2) is 43.1 Å². The van der Waals surface area contributed by atoms with Gasteiger partial charge in [0.25, 0.3) is 5.91 Å². The second-order valence-electron chi connectivity index (χ2n) is 8.47. The average molecular weight is 456 g/mol. The topological polar surface area (TPSA) is 101 Å². The van der Waals surface area contributed by atoms with Gasteiger partial charge in [-0.05, 0) is 49.1 Å². The van der Waals surface area contributed by atoms with Gasteiger partial charge in [-0.3, -0.25) is 19.7 Å². The second-order valence-corrected chi connectivity index (χ2v) is 8.47. The molecule has 1 amide bonds. The number of aromatic nitrogens is 4. The van der Waals surface area contributed by atoms with E-state index in [1.165, 1.54) is 0 Å². The Bertz CT molecular complexity index is 1250. The third-order valence-electron chi connectivity index (χ3n) is 5.87. The van der Waals surface area contributed by atoms with Gasteiger partial charge in [-0.1, -0.05) is 44.0 Å². The number of rotatable bonds is 9. The Morgan fingerprint density at radius 2 is 1.91 bits per heavy atom. The van der Waals surface area contributed by atoms with Gasteiger partial charge >= 0.3 is 0 Å². The fourth-order valence-electron chi connectivity index (χ4n) is 3.88. The van der Waals surface area contributed by atoms with Crippen LogP contribution in [0, 0.1) is 0 Å². The summed E-state index contributed by atoms with van der Waals surface area (Å²) in [6, 6.07) is 13.2. The molecule has 0 radical (unpaired) electrons. The maximum absolute atomic E-state index is 13.0. The number of nitrogens with zero attached hydrogens (tertiary/aromatic N) is 4. The van der Waals surface area contributed by atoms with Crippen molar-refractivity contribution in [1.29, 1.82) is 0 Å². The molecule has 0 fully saturated rings. The van der Waals surface area contributed by atoms with Gasteiger partial charge in [0, 0.05) is 24.0 Å². The number of carbonyl (C=O) groups excluding carboxylic acids is 1. The summed E-state index contributed by atoms with van der Waals surface area (Å²) in [5, 5.41) is 14.2. The number of pyridine rings is 2. The zero-order valence-electron chi connectivity index (χ0n) is 19.5. The molecule has 0 aliphatic heterocycles. The van der Waals surface area contributed by atoms with E-state index in [0.29, 0.717) is 18.5 Å². The Labute approximate surface area is 199 Å². The molecule has 7 nitrogen and oxygen atoms in total. The summed E-state index contributed by atoms with van der Waals surface area (Å²) in [6.45, 7) is 3.90. The second kappa shape index (κ2) is 10.9. The zero-order chi connectivity index (χ0) is 23.9. The maximum Gasteiger partial charge on any atom is 0.270 e. The van der Waals surface area contributed by atoms with E-state index in [0.717, 1.165) is 46.3 Å². The smallest absolute Gasteiger partial charge is 0.270 e. The largest absolute Gasteiger partial charge is 0.391 e. The molecule has 2 N–H and O–H groups in total. The van der Waals surface area contributed by atoms with E-state index in [2.05, 4.69) is 32.2 Å². The summed E-state index contributed by atoms with van der Waals surface area (Å²) in [4.78, 5) is 30.5. The summed E-state index contributed by atoms with van der Waals surface area (Å²) < 4.78 is 0. The molecular formula is C27H29N5O2. The van der Waals surface area contributed by atoms with E-state index in [4.69, 9.17) is 0 Å². The van der Waals surface area contributed by atoms with Crippen molar-refractivity contribution in [3.63, 3.8) is 0 Å². The molecule has 0 aliphatic rings. The summed E-state index contributed by atoms with van der Waals surface area (Å²) in [7, 11) is 0. The van der Waals surface area contributed by atoms with Crippen LogP contribution < -0.4 is 5.32 Å². The van der Waals surface area contributed by atoms with Gasteiger partial charge in [-0.25, -0.2) is 4.98 Å². The fraction of sp³-hybridized carbons (Fsp3) is 0.296. The number of para-hydroxylation sites is 1. The lowest BCUT2D eigenvalue weighted by Crippen LogP contribution is -2.41. The highest BCUT2D eigenvalue weighted by molar-refractivity contribution is 5.96. The molecule has 174 valence electrons. The van der Waals surface area contributed by atoms with E-state index in [1.54, 1.807) is 18.6 Å². The van der Waals surface area contributed by atoms with Gasteiger partial charge in [0.05, 0.1) is 29.6 Å². The first-order valence-corrected chi connectivity index (χ1v) is 11.6. The van der Waals surface area contributed by atoms with Gasteiger partial charge in [-0.2, -0.15) is 0 Å². The van der Waals surface area contributed by atoms with Gasteiger partial charge in [-0.15, -0.1) is 0 Å². The van der Waals surface area contributed by atoms with Crippen LogP contribution in [0.25, 0.3) is 22.3 Å². The van der Waals surface area contributed by atoms with Crippen LogP contribution in [0.5, 0.6) is 0 Å². The number of unbranched alkanes of at least 4 members (excludes halogenated alkanes) is 1. The van der Waals surface area contributed by atoms with Crippen LogP contribution in [0.3, 0.4) is 0 Å². The van der Waals surface area contributed by atoms with Crippen molar-refractivity contribution < 1.29 is 9.90 Å². The van der Waals surface area contributed by atoms with Crippen molar-refractivity contribution in [2.45, 2.75) is 51.7 Å². The lowest BCUT2D eigenvalue weighted by atomic mass is 10.0. The number of fused-ring (bicyclic) bond motifs is 1. The van der Waals surface area contributed by atoms with Crippen molar-refractivity contribution in [3.05, 3.63) is 84.1 Å². The highest BCUT2D eigenvalue weighted by Crippen LogP contribution is 2.22. The minimum Gasteiger partial charge on any atom is -0.391 e. The van der Waals surface area contributed by atoms with Gasteiger partial charge in [0.15, 0.2) is 0 Å². The van der Waals surface area contributed by atoms with E-state index in [-0.39, 0.29) is 11.9 Å². The van der Waals surface area contributed by atoms with Crippen molar-refractivity contribution in [1.82, 2.24) is 25.3 Å². The highest BCUT2D eigenvalue weighted by atomic mass is 16.3.